The lowest BCUT2D eigenvalue weighted by atomic mass is 10.0. The Kier molecular flexibility index (Phi) is 6.57. The molecular weight excluding hydrogens is 418 g/mol. The molecule has 0 saturated carbocycles. The van der Waals surface area contributed by atoms with Crippen molar-refractivity contribution in [3.05, 3.63) is 57.6 Å². The Morgan fingerprint density at radius 3 is 2.33 bits per heavy atom. The molecule has 2 aromatic rings. The van der Waals surface area contributed by atoms with E-state index in [-0.39, 0.29) is 11.3 Å². The summed E-state index contributed by atoms with van der Waals surface area (Å²) >= 11 is 3.31. The number of aliphatic carboxylic acids is 1. The molecule has 0 spiro atoms. The van der Waals surface area contributed by atoms with Crippen LogP contribution in [0.4, 0.5) is 0 Å². The summed E-state index contributed by atoms with van der Waals surface area (Å²) < 4.78 is 10.9. The van der Waals surface area contributed by atoms with Gasteiger partial charge >= 0.3 is 11.9 Å². The van der Waals surface area contributed by atoms with Crippen molar-refractivity contribution in [2.24, 2.45) is 0 Å². The minimum atomic E-state index is -1.12. The number of ether oxygens (including phenoxy) is 2. The molecule has 0 radical (unpaired) electrons. The highest BCUT2D eigenvalue weighted by Gasteiger charge is 2.13. The van der Waals surface area contributed by atoms with Crippen LogP contribution in [-0.2, 0) is 4.79 Å². The first-order chi connectivity index (χ1) is 12.8. The Hall–Kier alpha value is -3.31. The quantitative estimate of drug-likeness (QED) is 0.506. The van der Waals surface area contributed by atoms with E-state index in [1.54, 1.807) is 30.3 Å². The van der Waals surface area contributed by atoms with Crippen LogP contribution >= 0.6 is 15.9 Å². The number of halogens is 1. The summed E-state index contributed by atoms with van der Waals surface area (Å²) in [4.78, 5) is 21.6. The van der Waals surface area contributed by atoms with Crippen LogP contribution in [0.1, 0.15) is 21.5 Å². The van der Waals surface area contributed by atoms with E-state index in [0.717, 1.165) is 0 Å². The van der Waals surface area contributed by atoms with Gasteiger partial charge in [0.2, 0.25) is 0 Å². The van der Waals surface area contributed by atoms with Gasteiger partial charge in [0.1, 0.15) is 0 Å². The molecule has 27 heavy (non-hydrogen) atoms. The minimum absolute atomic E-state index is 0.125. The Morgan fingerprint density at radius 2 is 1.81 bits per heavy atom. The van der Waals surface area contributed by atoms with Gasteiger partial charge in [0, 0.05) is 0 Å². The molecule has 2 rings (SSSR count). The van der Waals surface area contributed by atoms with Gasteiger partial charge in [-0.05, 0) is 57.4 Å². The van der Waals surface area contributed by atoms with Gasteiger partial charge in [-0.25, -0.2) is 9.59 Å². The molecule has 0 aliphatic rings. The van der Waals surface area contributed by atoms with Crippen molar-refractivity contribution in [1.29, 1.82) is 5.26 Å². The maximum absolute atomic E-state index is 10.9. The second kappa shape index (κ2) is 8.87. The van der Waals surface area contributed by atoms with Crippen molar-refractivity contribution in [2.45, 2.75) is 0 Å². The Morgan fingerprint density at radius 1 is 1.19 bits per heavy atom. The summed E-state index contributed by atoms with van der Waals surface area (Å²) in [5.41, 5.74) is 1.62. The van der Waals surface area contributed by atoms with E-state index in [4.69, 9.17) is 19.7 Å². The van der Waals surface area contributed by atoms with Crippen LogP contribution in [-0.4, -0.2) is 35.9 Å². The molecule has 0 unspecified atom stereocenters. The fourth-order valence-corrected chi connectivity index (χ4v) is 2.81. The average molecular weight is 432 g/mol. The number of nitriles is 1. The minimum Gasteiger partial charge on any atom is -0.493 e. The molecule has 0 heterocycles. The maximum Gasteiger partial charge on any atom is 0.341 e. The van der Waals surface area contributed by atoms with Crippen LogP contribution < -0.4 is 9.47 Å². The zero-order valence-electron chi connectivity index (χ0n) is 14.1. The molecule has 0 aliphatic carbocycles. The number of rotatable bonds is 7. The van der Waals surface area contributed by atoms with Crippen LogP contribution in [0, 0.1) is 11.3 Å². The van der Waals surface area contributed by atoms with E-state index < -0.39 is 18.5 Å². The van der Waals surface area contributed by atoms with Crippen molar-refractivity contribution in [3.8, 4) is 17.6 Å². The highest BCUT2D eigenvalue weighted by molar-refractivity contribution is 9.10. The van der Waals surface area contributed by atoms with Crippen LogP contribution in [0.3, 0.4) is 0 Å². The zero-order valence-corrected chi connectivity index (χ0v) is 15.7. The lowest BCUT2D eigenvalue weighted by molar-refractivity contribution is -0.139. The van der Waals surface area contributed by atoms with Gasteiger partial charge in [-0.2, -0.15) is 5.26 Å². The standard InChI is InChI=1S/C19H14BrNO6/c1-26-16-8-11(7-15(20)18(16)27-10-17(22)23)6-14(9-21)12-2-4-13(5-3-12)19(24)25/h2-8H,10H2,1H3,(H,22,23)(H,24,25)/b14-6-. The predicted octanol–water partition coefficient (Wildman–Crippen LogP) is 3.68. The largest absolute Gasteiger partial charge is 0.493 e. The van der Waals surface area contributed by atoms with Crippen molar-refractivity contribution >= 4 is 39.5 Å². The van der Waals surface area contributed by atoms with Gasteiger partial charge in [-0.1, -0.05) is 12.1 Å². The van der Waals surface area contributed by atoms with Crippen LogP contribution in [0.2, 0.25) is 0 Å². The van der Waals surface area contributed by atoms with E-state index >= 15 is 0 Å². The maximum atomic E-state index is 10.9. The molecule has 0 amide bonds. The van der Waals surface area contributed by atoms with Gasteiger partial charge in [0.25, 0.3) is 0 Å². The molecule has 0 aliphatic heterocycles. The average Bonchev–Trinajstić information content (AvgIpc) is 2.64. The van der Waals surface area contributed by atoms with Crippen molar-refractivity contribution in [1.82, 2.24) is 0 Å². The molecule has 8 heteroatoms. The Labute approximate surface area is 163 Å². The Bertz CT molecular complexity index is 944. The van der Waals surface area contributed by atoms with Gasteiger partial charge < -0.3 is 19.7 Å². The summed E-state index contributed by atoms with van der Waals surface area (Å²) in [7, 11) is 1.42. The van der Waals surface area contributed by atoms with Crippen molar-refractivity contribution < 1.29 is 29.3 Å². The molecule has 2 N–H and O–H groups in total. The number of carboxylic acid groups (broad SMARTS) is 2. The van der Waals surface area contributed by atoms with E-state index in [1.807, 2.05) is 0 Å². The Balaban J connectivity index is 2.40. The van der Waals surface area contributed by atoms with Gasteiger partial charge in [-0.15, -0.1) is 0 Å². The second-order valence-corrected chi connectivity index (χ2v) is 6.12. The third-order valence-electron chi connectivity index (χ3n) is 3.47. The molecule has 0 bridgehead atoms. The molecule has 0 fully saturated rings. The lowest BCUT2D eigenvalue weighted by Gasteiger charge is -2.12. The number of carbonyl (C=O) groups is 2. The highest BCUT2D eigenvalue weighted by Crippen LogP contribution is 2.37. The zero-order chi connectivity index (χ0) is 20.0. The second-order valence-electron chi connectivity index (χ2n) is 5.27. The van der Waals surface area contributed by atoms with Crippen LogP contribution in [0.25, 0.3) is 11.6 Å². The molecule has 0 aromatic heterocycles. The number of methoxy groups -OCH3 is 1. The SMILES string of the molecule is COc1cc(/C=C(/C#N)c2ccc(C(=O)O)cc2)cc(Br)c1OCC(=O)O. The number of carboxylic acids is 2. The summed E-state index contributed by atoms with van der Waals surface area (Å²) in [5.74, 6) is -1.63. The summed E-state index contributed by atoms with van der Waals surface area (Å²) in [5, 5.41) is 27.2. The highest BCUT2D eigenvalue weighted by atomic mass is 79.9. The fourth-order valence-electron chi connectivity index (χ4n) is 2.24. The van der Waals surface area contributed by atoms with Crippen LogP contribution in [0.5, 0.6) is 11.5 Å². The van der Waals surface area contributed by atoms with Crippen LogP contribution in [0.15, 0.2) is 40.9 Å². The van der Waals surface area contributed by atoms with E-state index in [2.05, 4.69) is 22.0 Å². The molecule has 0 saturated heterocycles. The third-order valence-corrected chi connectivity index (χ3v) is 4.06. The van der Waals surface area contributed by atoms with E-state index in [0.29, 0.717) is 26.9 Å². The van der Waals surface area contributed by atoms with Gasteiger partial charge in [0.05, 0.1) is 28.8 Å². The number of aromatic carboxylic acids is 1. The van der Waals surface area contributed by atoms with Gasteiger partial charge in [-0.3, -0.25) is 0 Å². The number of benzene rings is 2. The smallest absolute Gasteiger partial charge is 0.341 e. The summed E-state index contributed by atoms with van der Waals surface area (Å²) in [6.45, 7) is -0.524. The summed E-state index contributed by atoms with van der Waals surface area (Å²) in [6, 6.07) is 11.3. The molecule has 0 atom stereocenters. The predicted molar refractivity (Wildman–Crippen MR) is 101 cm³/mol. The van der Waals surface area contributed by atoms with Crippen molar-refractivity contribution in [3.63, 3.8) is 0 Å². The first kappa shape index (κ1) is 20.0. The molecule has 138 valence electrons. The molecule has 7 nitrogen and oxygen atoms in total. The van der Waals surface area contributed by atoms with Crippen molar-refractivity contribution in [2.75, 3.05) is 13.7 Å². The lowest BCUT2D eigenvalue weighted by Crippen LogP contribution is -2.10. The van der Waals surface area contributed by atoms with E-state index in [1.165, 1.54) is 19.2 Å². The first-order valence-corrected chi connectivity index (χ1v) is 8.32. The topological polar surface area (TPSA) is 117 Å². The number of hydrogen-bond donors (Lipinski definition) is 2. The number of nitrogens with zero attached hydrogens (tertiary/aromatic N) is 1. The normalized spacial score (nSPS) is 10.8. The monoisotopic (exact) mass is 431 g/mol. The fraction of sp³-hybridized carbons (Fsp3) is 0.105. The molecule has 2 aromatic carbocycles. The summed E-state index contributed by atoms with van der Waals surface area (Å²) in [6.07, 6.45) is 1.60. The van der Waals surface area contributed by atoms with E-state index in [9.17, 15) is 14.9 Å². The van der Waals surface area contributed by atoms with Gasteiger partial charge in [0.15, 0.2) is 18.1 Å². The number of allylic oxidation sites excluding steroid dienone is 1. The first-order valence-electron chi connectivity index (χ1n) is 7.53. The third kappa shape index (κ3) is 5.09. The number of hydrogen-bond acceptors (Lipinski definition) is 5. The molecular formula is C19H14BrNO6.